The Balaban J connectivity index is 2.22. The molecule has 1 saturated heterocycles. The second-order valence-corrected chi connectivity index (χ2v) is 4.06. The average molecular weight is 209 g/mol. The van der Waals surface area contributed by atoms with Gasteiger partial charge in [-0.1, -0.05) is 0 Å². The molecule has 0 saturated carbocycles. The SMILES string of the molecule is Cn1c(=O)cc(CC2CCNC2)[nH]c1=O. The quantitative estimate of drug-likeness (QED) is 0.672. The van der Waals surface area contributed by atoms with Gasteiger partial charge in [0.1, 0.15) is 0 Å². The minimum atomic E-state index is -0.330. The van der Waals surface area contributed by atoms with E-state index in [-0.39, 0.29) is 11.2 Å². The fourth-order valence-electron chi connectivity index (χ4n) is 1.91. The largest absolute Gasteiger partial charge is 0.328 e. The zero-order chi connectivity index (χ0) is 10.8. The molecule has 82 valence electrons. The first-order valence-electron chi connectivity index (χ1n) is 5.17. The Hall–Kier alpha value is -1.36. The third-order valence-corrected chi connectivity index (χ3v) is 2.87. The summed E-state index contributed by atoms with van der Waals surface area (Å²) in [5.41, 5.74) is 0.181. The topological polar surface area (TPSA) is 66.9 Å². The van der Waals surface area contributed by atoms with Crippen molar-refractivity contribution in [3.8, 4) is 0 Å². The number of aromatic amines is 1. The van der Waals surface area contributed by atoms with Crippen LogP contribution in [0.5, 0.6) is 0 Å². The van der Waals surface area contributed by atoms with Gasteiger partial charge in [0.2, 0.25) is 0 Å². The molecule has 2 heterocycles. The Morgan fingerprint density at radius 3 is 2.93 bits per heavy atom. The van der Waals surface area contributed by atoms with Crippen LogP contribution in [0.3, 0.4) is 0 Å². The van der Waals surface area contributed by atoms with Crippen molar-refractivity contribution in [2.24, 2.45) is 13.0 Å². The van der Waals surface area contributed by atoms with Crippen molar-refractivity contribution >= 4 is 0 Å². The maximum absolute atomic E-state index is 11.4. The molecule has 0 bridgehead atoms. The van der Waals surface area contributed by atoms with Crippen LogP contribution >= 0.6 is 0 Å². The second kappa shape index (κ2) is 4.02. The highest BCUT2D eigenvalue weighted by molar-refractivity contribution is 5.01. The Labute approximate surface area is 87.1 Å². The van der Waals surface area contributed by atoms with E-state index in [9.17, 15) is 9.59 Å². The van der Waals surface area contributed by atoms with Gasteiger partial charge in [-0.25, -0.2) is 4.79 Å². The van der Waals surface area contributed by atoms with Gasteiger partial charge in [0, 0.05) is 18.8 Å². The number of aromatic nitrogens is 2. The molecule has 0 spiro atoms. The van der Waals surface area contributed by atoms with Gasteiger partial charge in [0.25, 0.3) is 5.56 Å². The van der Waals surface area contributed by atoms with E-state index in [4.69, 9.17) is 0 Å². The molecular weight excluding hydrogens is 194 g/mol. The van der Waals surface area contributed by atoms with Crippen LogP contribution in [-0.4, -0.2) is 22.6 Å². The van der Waals surface area contributed by atoms with Gasteiger partial charge in [-0.3, -0.25) is 9.36 Å². The van der Waals surface area contributed by atoms with Crippen LogP contribution in [0.4, 0.5) is 0 Å². The summed E-state index contributed by atoms with van der Waals surface area (Å²) in [4.78, 5) is 25.4. The molecule has 1 fully saturated rings. The third-order valence-electron chi connectivity index (χ3n) is 2.87. The lowest BCUT2D eigenvalue weighted by Gasteiger charge is -2.07. The highest BCUT2D eigenvalue weighted by Crippen LogP contribution is 2.11. The molecule has 1 aliphatic heterocycles. The number of rotatable bonds is 2. The standard InChI is InChI=1S/C10H15N3O2/c1-13-9(14)5-8(12-10(13)15)4-7-2-3-11-6-7/h5,7,11H,2-4,6H2,1H3,(H,12,15). The molecule has 0 aromatic carbocycles. The molecule has 5 nitrogen and oxygen atoms in total. The van der Waals surface area contributed by atoms with E-state index in [0.29, 0.717) is 5.92 Å². The van der Waals surface area contributed by atoms with Crippen molar-refractivity contribution < 1.29 is 0 Å². The predicted molar refractivity (Wildman–Crippen MR) is 57.0 cm³/mol. The van der Waals surface area contributed by atoms with Crippen molar-refractivity contribution in [3.63, 3.8) is 0 Å². The Kier molecular flexibility index (Phi) is 2.73. The van der Waals surface area contributed by atoms with Crippen LogP contribution in [0.15, 0.2) is 15.7 Å². The van der Waals surface area contributed by atoms with Gasteiger partial charge < -0.3 is 10.3 Å². The van der Waals surface area contributed by atoms with Crippen molar-refractivity contribution in [1.82, 2.24) is 14.9 Å². The minimum absolute atomic E-state index is 0.236. The fourth-order valence-corrected chi connectivity index (χ4v) is 1.91. The van der Waals surface area contributed by atoms with Crippen LogP contribution in [0.1, 0.15) is 12.1 Å². The van der Waals surface area contributed by atoms with Gasteiger partial charge in [0.05, 0.1) is 0 Å². The van der Waals surface area contributed by atoms with E-state index in [1.54, 1.807) is 0 Å². The first-order chi connectivity index (χ1) is 7.16. The molecule has 1 aromatic rings. The normalized spacial score (nSPS) is 20.7. The van der Waals surface area contributed by atoms with Crippen molar-refractivity contribution in [2.45, 2.75) is 12.8 Å². The molecule has 2 rings (SSSR count). The summed E-state index contributed by atoms with van der Waals surface area (Å²) in [5, 5.41) is 3.26. The average Bonchev–Trinajstić information content (AvgIpc) is 2.66. The summed E-state index contributed by atoms with van der Waals surface area (Å²) >= 11 is 0. The summed E-state index contributed by atoms with van der Waals surface area (Å²) in [7, 11) is 1.47. The van der Waals surface area contributed by atoms with E-state index in [1.165, 1.54) is 13.1 Å². The maximum atomic E-state index is 11.4. The lowest BCUT2D eigenvalue weighted by Crippen LogP contribution is -2.33. The highest BCUT2D eigenvalue weighted by Gasteiger charge is 2.15. The number of nitrogens with zero attached hydrogens (tertiary/aromatic N) is 1. The van der Waals surface area contributed by atoms with Crippen LogP contribution in [0.25, 0.3) is 0 Å². The molecule has 1 atom stereocenters. The van der Waals surface area contributed by atoms with E-state index in [0.717, 1.165) is 36.2 Å². The molecule has 2 N–H and O–H groups in total. The van der Waals surface area contributed by atoms with Crippen LogP contribution in [0, 0.1) is 5.92 Å². The lowest BCUT2D eigenvalue weighted by atomic mass is 10.0. The summed E-state index contributed by atoms with van der Waals surface area (Å²) < 4.78 is 1.08. The van der Waals surface area contributed by atoms with Crippen molar-refractivity contribution in [3.05, 3.63) is 32.6 Å². The summed E-state index contributed by atoms with van der Waals surface area (Å²) in [6.07, 6.45) is 1.88. The summed E-state index contributed by atoms with van der Waals surface area (Å²) in [6.45, 7) is 2.00. The van der Waals surface area contributed by atoms with Gasteiger partial charge in [0.15, 0.2) is 0 Å². The van der Waals surface area contributed by atoms with Gasteiger partial charge in [-0.05, 0) is 31.8 Å². The number of hydrogen-bond acceptors (Lipinski definition) is 3. The minimum Gasteiger partial charge on any atom is -0.316 e. The molecule has 15 heavy (non-hydrogen) atoms. The Morgan fingerprint density at radius 1 is 1.53 bits per heavy atom. The maximum Gasteiger partial charge on any atom is 0.328 e. The molecule has 0 aliphatic carbocycles. The zero-order valence-electron chi connectivity index (χ0n) is 8.75. The molecule has 0 amide bonds. The van der Waals surface area contributed by atoms with E-state index in [1.807, 2.05) is 0 Å². The molecule has 1 unspecified atom stereocenters. The van der Waals surface area contributed by atoms with E-state index in [2.05, 4.69) is 10.3 Å². The monoisotopic (exact) mass is 209 g/mol. The van der Waals surface area contributed by atoms with Crippen LogP contribution in [-0.2, 0) is 13.5 Å². The molecule has 0 radical (unpaired) electrons. The van der Waals surface area contributed by atoms with Crippen LogP contribution < -0.4 is 16.6 Å². The molecule has 5 heteroatoms. The first-order valence-corrected chi connectivity index (χ1v) is 5.17. The van der Waals surface area contributed by atoms with E-state index >= 15 is 0 Å². The van der Waals surface area contributed by atoms with Gasteiger partial charge >= 0.3 is 5.69 Å². The van der Waals surface area contributed by atoms with Gasteiger partial charge in [-0.2, -0.15) is 0 Å². The number of H-pyrrole nitrogens is 1. The molecule has 1 aromatic heterocycles. The lowest BCUT2D eigenvalue weighted by molar-refractivity contribution is 0.565. The second-order valence-electron chi connectivity index (χ2n) is 4.06. The predicted octanol–water partition coefficient (Wildman–Crippen LogP) is -0.774. The Morgan fingerprint density at radius 2 is 2.33 bits per heavy atom. The first kappa shape index (κ1) is 10.2. The Bertz CT molecular complexity index is 423. The number of nitrogens with one attached hydrogen (secondary N) is 2. The van der Waals surface area contributed by atoms with Gasteiger partial charge in [-0.15, -0.1) is 0 Å². The summed E-state index contributed by atoms with van der Waals surface area (Å²) in [6, 6.07) is 1.51. The molecular formula is C10H15N3O2. The van der Waals surface area contributed by atoms with Crippen LogP contribution in [0.2, 0.25) is 0 Å². The zero-order valence-corrected chi connectivity index (χ0v) is 8.75. The smallest absolute Gasteiger partial charge is 0.316 e. The highest BCUT2D eigenvalue weighted by atomic mass is 16.2. The van der Waals surface area contributed by atoms with E-state index < -0.39 is 0 Å². The third kappa shape index (κ3) is 2.18. The fraction of sp³-hybridized carbons (Fsp3) is 0.600. The number of hydrogen-bond donors (Lipinski definition) is 2. The molecule has 1 aliphatic rings. The van der Waals surface area contributed by atoms with Crippen molar-refractivity contribution in [1.29, 1.82) is 0 Å². The van der Waals surface area contributed by atoms with Crippen molar-refractivity contribution in [2.75, 3.05) is 13.1 Å². The summed E-state index contributed by atoms with van der Waals surface area (Å²) in [5.74, 6) is 0.535.